The number of hydrogen-bond donors (Lipinski definition) is 0. The van der Waals surface area contributed by atoms with Crippen molar-refractivity contribution in [1.82, 2.24) is 14.5 Å². The molecule has 0 aliphatic carbocycles. The Morgan fingerprint density at radius 2 is 2.04 bits per heavy atom. The Labute approximate surface area is 150 Å². The number of rotatable bonds is 3. The van der Waals surface area contributed by atoms with Crippen LogP contribution in [0.5, 0.6) is 5.75 Å². The molecule has 4 rings (SSSR count). The third-order valence-corrected chi connectivity index (χ3v) is 4.83. The zero-order valence-electron chi connectivity index (χ0n) is 14.5. The second-order valence-corrected chi connectivity index (χ2v) is 6.36. The summed E-state index contributed by atoms with van der Waals surface area (Å²) in [6.07, 6.45) is 2.19. The number of para-hydroxylation sites is 1. The highest BCUT2D eigenvalue weighted by Crippen LogP contribution is 2.27. The van der Waals surface area contributed by atoms with Gasteiger partial charge in [0, 0.05) is 18.7 Å². The molecule has 0 unspecified atom stereocenters. The van der Waals surface area contributed by atoms with E-state index in [9.17, 15) is 9.59 Å². The summed E-state index contributed by atoms with van der Waals surface area (Å²) in [5, 5.41) is 0.525. The molecule has 0 fully saturated rings. The zero-order chi connectivity index (χ0) is 18.1. The first-order valence-corrected chi connectivity index (χ1v) is 8.54. The van der Waals surface area contributed by atoms with Crippen LogP contribution in [-0.2, 0) is 24.3 Å². The summed E-state index contributed by atoms with van der Waals surface area (Å²) in [6, 6.07) is 13.0. The topological polar surface area (TPSA) is 64.4 Å². The van der Waals surface area contributed by atoms with Crippen molar-refractivity contribution in [2.24, 2.45) is 0 Å². The Bertz CT molecular complexity index is 1040. The van der Waals surface area contributed by atoms with Gasteiger partial charge in [-0.25, -0.2) is 4.98 Å². The molecule has 3 aromatic rings. The molecule has 1 aliphatic heterocycles. The average molecular weight is 349 g/mol. The van der Waals surface area contributed by atoms with E-state index in [1.807, 2.05) is 24.3 Å². The van der Waals surface area contributed by atoms with Crippen LogP contribution in [0.2, 0.25) is 0 Å². The van der Waals surface area contributed by atoms with Crippen LogP contribution in [0, 0.1) is 0 Å². The van der Waals surface area contributed by atoms with Crippen molar-refractivity contribution in [3.8, 4) is 5.75 Å². The van der Waals surface area contributed by atoms with Crippen molar-refractivity contribution in [3.05, 3.63) is 70.3 Å². The van der Waals surface area contributed by atoms with Crippen LogP contribution in [0.15, 0.2) is 53.6 Å². The van der Waals surface area contributed by atoms with Crippen molar-refractivity contribution in [3.63, 3.8) is 0 Å². The lowest BCUT2D eigenvalue weighted by molar-refractivity contribution is -0.132. The molecule has 0 N–H and O–H groups in total. The van der Waals surface area contributed by atoms with Gasteiger partial charge in [-0.2, -0.15) is 0 Å². The van der Waals surface area contributed by atoms with Gasteiger partial charge in [-0.3, -0.25) is 14.2 Å². The van der Waals surface area contributed by atoms with E-state index in [2.05, 4.69) is 4.98 Å². The molecule has 0 bridgehead atoms. The molecule has 0 radical (unpaired) electrons. The summed E-state index contributed by atoms with van der Waals surface area (Å²) < 4.78 is 6.78. The molecule has 6 heteroatoms. The number of amides is 1. The van der Waals surface area contributed by atoms with Crippen LogP contribution in [-0.4, -0.2) is 34.0 Å². The highest BCUT2D eigenvalue weighted by atomic mass is 16.5. The Hall–Kier alpha value is -3.15. The molecule has 2 heterocycles. The number of carbonyl (C=O) groups is 1. The summed E-state index contributed by atoms with van der Waals surface area (Å²) in [5.74, 6) is 0.780. The number of benzene rings is 2. The molecule has 6 nitrogen and oxygen atoms in total. The van der Waals surface area contributed by atoms with Crippen LogP contribution in [0.3, 0.4) is 0 Å². The quantitative estimate of drug-likeness (QED) is 0.725. The summed E-state index contributed by atoms with van der Waals surface area (Å²) in [5.41, 5.74) is 2.69. The number of methoxy groups -OCH3 is 1. The van der Waals surface area contributed by atoms with Gasteiger partial charge in [0.25, 0.3) is 5.56 Å². The molecule has 1 aliphatic rings. The minimum atomic E-state index is -0.192. The van der Waals surface area contributed by atoms with E-state index >= 15 is 0 Å². The molecular formula is C20H19N3O3. The van der Waals surface area contributed by atoms with Crippen LogP contribution < -0.4 is 10.3 Å². The molecule has 1 amide bonds. The second-order valence-electron chi connectivity index (χ2n) is 6.36. The Kier molecular flexibility index (Phi) is 4.16. The SMILES string of the molecule is COc1cccc2c1CCN(C(=O)Cn1cnc3ccccc3c1=O)C2. The van der Waals surface area contributed by atoms with E-state index in [-0.39, 0.29) is 18.0 Å². The number of ether oxygens (including phenoxy) is 1. The Balaban J connectivity index is 1.56. The summed E-state index contributed by atoms with van der Waals surface area (Å²) in [6.45, 7) is 1.14. The largest absolute Gasteiger partial charge is 0.496 e. The number of hydrogen-bond acceptors (Lipinski definition) is 4. The van der Waals surface area contributed by atoms with E-state index < -0.39 is 0 Å². The predicted molar refractivity (Wildman–Crippen MR) is 98.1 cm³/mol. The third kappa shape index (κ3) is 2.83. The van der Waals surface area contributed by atoms with Crippen LogP contribution in [0.1, 0.15) is 11.1 Å². The van der Waals surface area contributed by atoms with Crippen molar-refractivity contribution >= 4 is 16.8 Å². The van der Waals surface area contributed by atoms with Gasteiger partial charge in [-0.1, -0.05) is 24.3 Å². The van der Waals surface area contributed by atoms with Gasteiger partial charge in [-0.05, 0) is 30.2 Å². The Morgan fingerprint density at radius 3 is 2.88 bits per heavy atom. The summed E-state index contributed by atoms with van der Waals surface area (Å²) >= 11 is 0. The third-order valence-electron chi connectivity index (χ3n) is 4.83. The van der Waals surface area contributed by atoms with Crippen molar-refractivity contribution in [2.75, 3.05) is 13.7 Å². The molecule has 132 valence electrons. The minimum Gasteiger partial charge on any atom is -0.496 e. The molecule has 26 heavy (non-hydrogen) atoms. The molecule has 0 saturated heterocycles. The van der Waals surface area contributed by atoms with E-state index in [0.29, 0.717) is 24.0 Å². The number of nitrogens with zero attached hydrogens (tertiary/aromatic N) is 3. The second kappa shape index (κ2) is 6.63. The fraction of sp³-hybridized carbons (Fsp3) is 0.250. The summed E-state index contributed by atoms with van der Waals surface area (Å²) in [7, 11) is 1.66. The van der Waals surface area contributed by atoms with Gasteiger partial charge < -0.3 is 9.64 Å². The highest BCUT2D eigenvalue weighted by Gasteiger charge is 2.23. The van der Waals surface area contributed by atoms with Gasteiger partial charge in [0.2, 0.25) is 5.91 Å². The van der Waals surface area contributed by atoms with E-state index in [1.54, 1.807) is 30.2 Å². The van der Waals surface area contributed by atoms with E-state index in [1.165, 1.54) is 10.9 Å². The molecule has 0 atom stereocenters. The molecule has 0 spiro atoms. The Morgan fingerprint density at radius 1 is 1.19 bits per heavy atom. The van der Waals surface area contributed by atoms with Crippen molar-refractivity contribution in [2.45, 2.75) is 19.5 Å². The maximum absolute atomic E-state index is 12.7. The lowest BCUT2D eigenvalue weighted by atomic mass is 9.98. The lowest BCUT2D eigenvalue weighted by Gasteiger charge is -2.30. The van der Waals surface area contributed by atoms with Crippen molar-refractivity contribution < 1.29 is 9.53 Å². The number of fused-ring (bicyclic) bond motifs is 2. The van der Waals surface area contributed by atoms with Gasteiger partial charge in [0.1, 0.15) is 12.3 Å². The minimum absolute atomic E-state index is 0.00400. The maximum Gasteiger partial charge on any atom is 0.261 e. The van der Waals surface area contributed by atoms with Gasteiger partial charge in [-0.15, -0.1) is 0 Å². The highest BCUT2D eigenvalue weighted by molar-refractivity contribution is 5.79. The smallest absolute Gasteiger partial charge is 0.261 e. The fourth-order valence-electron chi connectivity index (χ4n) is 3.44. The van der Waals surface area contributed by atoms with Crippen LogP contribution in [0.4, 0.5) is 0 Å². The first-order chi connectivity index (χ1) is 12.7. The monoisotopic (exact) mass is 349 g/mol. The molecular weight excluding hydrogens is 330 g/mol. The average Bonchev–Trinajstić information content (AvgIpc) is 2.69. The van der Waals surface area contributed by atoms with Crippen LogP contribution in [0.25, 0.3) is 10.9 Å². The predicted octanol–water partition coefficient (Wildman–Crippen LogP) is 1.99. The van der Waals surface area contributed by atoms with Crippen LogP contribution >= 0.6 is 0 Å². The van der Waals surface area contributed by atoms with E-state index in [0.717, 1.165) is 23.3 Å². The zero-order valence-corrected chi connectivity index (χ0v) is 14.5. The summed E-state index contributed by atoms with van der Waals surface area (Å²) in [4.78, 5) is 31.3. The first-order valence-electron chi connectivity index (χ1n) is 8.54. The van der Waals surface area contributed by atoms with Gasteiger partial charge in [0.15, 0.2) is 0 Å². The van der Waals surface area contributed by atoms with Crippen molar-refractivity contribution in [1.29, 1.82) is 0 Å². The lowest BCUT2D eigenvalue weighted by Crippen LogP contribution is -2.39. The molecule has 2 aromatic carbocycles. The fourth-order valence-corrected chi connectivity index (χ4v) is 3.44. The maximum atomic E-state index is 12.7. The first kappa shape index (κ1) is 16.3. The standard InChI is InChI=1S/C20H19N3O3/c1-26-18-8-4-5-14-11-22(10-9-15(14)18)19(24)12-23-13-21-17-7-3-2-6-16(17)20(23)25/h2-8,13H,9-12H2,1H3. The molecule has 1 aromatic heterocycles. The van der Waals surface area contributed by atoms with Gasteiger partial charge >= 0.3 is 0 Å². The normalized spacial score (nSPS) is 13.5. The van der Waals surface area contributed by atoms with Gasteiger partial charge in [0.05, 0.1) is 24.3 Å². The molecule has 0 saturated carbocycles. The number of aromatic nitrogens is 2. The number of carbonyl (C=O) groups excluding carboxylic acids is 1. The van der Waals surface area contributed by atoms with E-state index in [4.69, 9.17) is 4.74 Å².